The second-order valence-corrected chi connectivity index (χ2v) is 12.3. The van der Waals surface area contributed by atoms with E-state index < -0.39 is 0 Å². The first-order valence-electron chi connectivity index (χ1n) is 16.0. The molecule has 3 atom stereocenters. The van der Waals surface area contributed by atoms with Gasteiger partial charge in [0, 0.05) is 44.1 Å². The molecule has 5 N–H and O–H groups in total. The van der Waals surface area contributed by atoms with Gasteiger partial charge in [-0.3, -0.25) is 19.3 Å². The van der Waals surface area contributed by atoms with Gasteiger partial charge in [0.1, 0.15) is 11.9 Å². The largest absolute Gasteiger partial charge is 0.488 e. The van der Waals surface area contributed by atoms with Gasteiger partial charge in [-0.05, 0) is 62.7 Å². The van der Waals surface area contributed by atoms with Crippen molar-refractivity contribution in [3.8, 4) is 5.75 Å². The molecule has 3 aromatic carbocycles. The van der Waals surface area contributed by atoms with E-state index in [2.05, 4.69) is 41.6 Å². The van der Waals surface area contributed by atoms with Gasteiger partial charge >= 0.3 is 0 Å². The van der Waals surface area contributed by atoms with Gasteiger partial charge in [0.15, 0.2) is 0 Å². The summed E-state index contributed by atoms with van der Waals surface area (Å²) in [5.74, 6) is -0.0648. The lowest BCUT2D eigenvalue weighted by Gasteiger charge is -2.38. The lowest BCUT2D eigenvalue weighted by atomic mass is 9.99. The number of aliphatic hydroxyl groups excluding tert-OH is 1. The number of likely N-dealkylation sites (N-methyl/N-ethyl adjacent to an activating group) is 1. The first-order valence-corrected chi connectivity index (χ1v) is 16.0. The molecule has 0 aliphatic carbocycles. The van der Waals surface area contributed by atoms with Crippen LogP contribution < -0.4 is 21.1 Å². The number of ether oxygens (including phenoxy) is 1. The van der Waals surface area contributed by atoms with Crippen molar-refractivity contribution in [2.45, 2.75) is 64.6 Å². The highest BCUT2D eigenvalue weighted by Gasteiger charge is 2.33. The molecule has 0 saturated carbocycles. The van der Waals surface area contributed by atoms with Crippen LogP contribution in [0.15, 0.2) is 72.8 Å². The average molecular weight is 630 g/mol. The van der Waals surface area contributed by atoms with Gasteiger partial charge in [-0.15, -0.1) is 0 Å². The third kappa shape index (κ3) is 9.79. The molecule has 3 amide bonds. The van der Waals surface area contributed by atoms with E-state index in [1.54, 1.807) is 35.2 Å². The van der Waals surface area contributed by atoms with Gasteiger partial charge in [-0.1, -0.05) is 55.8 Å². The first-order chi connectivity index (χ1) is 22.1. The molecule has 0 saturated heterocycles. The minimum absolute atomic E-state index is 0.00579. The Morgan fingerprint density at radius 1 is 1.00 bits per heavy atom. The Morgan fingerprint density at radius 2 is 1.67 bits per heavy atom. The van der Waals surface area contributed by atoms with Crippen molar-refractivity contribution >= 4 is 34.8 Å². The topological polar surface area (TPSA) is 137 Å². The molecule has 10 heteroatoms. The number of nitrogens with one attached hydrogen (secondary N) is 2. The van der Waals surface area contributed by atoms with Crippen LogP contribution in [0.3, 0.4) is 0 Å². The molecule has 0 fully saturated rings. The molecular weight excluding hydrogens is 582 g/mol. The Labute approximate surface area is 271 Å². The summed E-state index contributed by atoms with van der Waals surface area (Å²) in [6.45, 7) is 5.57. The number of anilines is 3. The summed E-state index contributed by atoms with van der Waals surface area (Å²) in [6.07, 6.45) is 2.41. The zero-order chi connectivity index (χ0) is 33.1. The summed E-state index contributed by atoms with van der Waals surface area (Å²) in [5, 5.41) is 15.7. The Morgan fingerprint density at radius 3 is 2.37 bits per heavy atom. The number of nitrogen functional groups attached to an aromatic ring is 1. The van der Waals surface area contributed by atoms with Crippen LogP contribution in [0.5, 0.6) is 5.75 Å². The van der Waals surface area contributed by atoms with Crippen molar-refractivity contribution in [2.75, 3.05) is 43.1 Å². The minimum atomic E-state index is -0.381. The highest BCUT2D eigenvalue weighted by atomic mass is 16.5. The van der Waals surface area contributed by atoms with Crippen molar-refractivity contribution in [3.05, 3.63) is 83.9 Å². The Kier molecular flexibility index (Phi) is 12.6. The van der Waals surface area contributed by atoms with Gasteiger partial charge in [-0.2, -0.15) is 0 Å². The van der Waals surface area contributed by atoms with Gasteiger partial charge in [0.25, 0.3) is 5.91 Å². The van der Waals surface area contributed by atoms with Crippen LogP contribution in [-0.2, 0) is 16.1 Å². The maximum absolute atomic E-state index is 13.7. The fourth-order valence-corrected chi connectivity index (χ4v) is 5.58. The highest BCUT2D eigenvalue weighted by Crippen LogP contribution is 2.31. The lowest BCUT2D eigenvalue weighted by Crippen LogP contribution is -2.49. The first kappa shape index (κ1) is 34.5. The van der Waals surface area contributed by atoms with Crippen LogP contribution in [0.2, 0.25) is 0 Å². The third-order valence-corrected chi connectivity index (χ3v) is 8.28. The van der Waals surface area contributed by atoms with Crippen LogP contribution >= 0.6 is 0 Å². The van der Waals surface area contributed by atoms with Crippen LogP contribution in [0.25, 0.3) is 0 Å². The SMILES string of the molecule is C[C@@H]1CN([C@H](C)CO)C(=O)c2cc(NC(=O)CCCCCC(=O)Nc3ccccc3N)ccc2O[C@@H]1CN(C)Cc1ccccc1. The van der Waals surface area contributed by atoms with Gasteiger partial charge in [0.05, 0.1) is 29.6 Å². The van der Waals surface area contributed by atoms with E-state index in [1.807, 2.05) is 37.3 Å². The Bertz CT molecular complexity index is 1470. The molecule has 246 valence electrons. The van der Waals surface area contributed by atoms with Crippen molar-refractivity contribution in [1.82, 2.24) is 9.80 Å². The predicted octanol–water partition coefficient (Wildman–Crippen LogP) is 5.15. The third-order valence-electron chi connectivity index (χ3n) is 8.28. The molecule has 1 aliphatic rings. The standard InChI is InChI=1S/C36H47N5O5/c1-25-21-41(26(2)24-42)36(45)29-20-28(18-19-32(29)46-33(25)23-40(3)22-27-12-6-4-7-13-27)38-34(43)16-8-5-9-17-35(44)39-31-15-11-10-14-30(31)37/h4,6-7,10-15,18-20,25-26,33,42H,5,8-9,16-17,21-24,37H2,1-3H3,(H,38,43)(H,39,44)/t25-,26-,33-/m1/s1. The number of benzene rings is 3. The predicted molar refractivity (Wildman–Crippen MR) is 182 cm³/mol. The Hall–Kier alpha value is -4.41. The van der Waals surface area contributed by atoms with Crippen LogP contribution in [0.1, 0.15) is 61.9 Å². The summed E-state index contributed by atoms with van der Waals surface area (Å²) in [5.41, 5.74) is 9.06. The molecule has 0 bridgehead atoms. The molecule has 4 rings (SSSR count). The molecule has 0 radical (unpaired) electrons. The molecular formula is C36H47N5O5. The van der Waals surface area contributed by atoms with E-state index in [0.717, 1.165) is 6.54 Å². The molecule has 3 aromatic rings. The number of amides is 3. The fraction of sp³-hybridized carbons (Fsp3) is 0.417. The zero-order valence-electron chi connectivity index (χ0n) is 27.1. The highest BCUT2D eigenvalue weighted by molar-refractivity contribution is 6.00. The number of nitrogens with zero attached hydrogens (tertiary/aromatic N) is 2. The van der Waals surface area contributed by atoms with Gasteiger partial charge < -0.3 is 31.1 Å². The second kappa shape index (κ2) is 16.8. The van der Waals surface area contributed by atoms with Crippen LogP contribution in [0.4, 0.5) is 17.1 Å². The van der Waals surface area contributed by atoms with E-state index in [4.69, 9.17) is 10.5 Å². The summed E-state index contributed by atoms with van der Waals surface area (Å²) in [4.78, 5) is 42.7. The number of fused-ring (bicyclic) bond motifs is 1. The van der Waals surface area contributed by atoms with Gasteiger partial charge in [0.2, 0.25) is 11.8 Å². The number of hydrogen-bond donors (Lipinski definition) is 4. The molecule has 1 heterocycles. The molecule has 0 aromatic heterocycles. The quantitative estimate of drug-likeness (QED) is 0.143. The lowest BCUT2D eigenvalue weighted by molar-refractivity contribution is -0.116. The van der Waals surface area contributed by atoms with Crippen LogP contribution in [-0.4, -0.2) is 71.5 Å². The number of para-hydroxylation sites is 2. The van der Waals surface area contributed by atoms with E-state index in [9.17, 15) is 19.5 Å². The smallest absolute Gasteiger partial charge is 0.258 e. The number of rotatable bonds is 14. The molecule has 0 unspecified atom stereocenters. The summed E-state index contributed by atoms with van der Waals surface area (Å²) in [6, 6.07) is 22.1. The maximum Gasteiger partial charge on any atom is 0.258 e. The second-order valence-electron chi connectivity index (χ2n) is 12.3. The van der Waals surface area contributed by atoms with Gasteiger partial charge in [-0.25, -0.2) is 0 Å². The summed E-state index contributed by atoms with van der Waals surface area (Å²) in [7, 11) is 2.05. The number of carbonyl (C=O) groups is 3. The van der Waals surface area contributed by atoms with Crippen molar-refractivity contribution in [1.29, 1.82) is 0 Å². The van der Waals surface area contributed by atoms with E-state index in [-0.39, 0.29) is 48.8 Å². The number of unbranched alkanes of at least 4 members (excludes halogenated alkanes) is 2. The molecule has 10 nitrogen and oxygen atoms in total. The maximum atomic E-state index is 13.7. The molecule has 1 aliphatic heterocycles. The van der Waals surface area contributed by atoms with E-state index in [1.165, 1.54) is 5.56 Å². The normalized spacial score (nSPS) is 17.0. The Balaban J connectivity index is 1.35. The number of nitrogens with two attached hydrogens (primary N) is 1. The zero-order valence-corrected chi connectivity index (χ0v) is 27.1. The monoisotopic (exact) mass is 629 g/mol. The minimum Gasteiger partial charge on any atom is -0.488 e. The number of hydrogen-bond acceptors (Lipinski definition) is 7. The molecule has 0 spiro atoms. The summed E-state index contributed by atoms with van der Waals surface area (Å²) < 4.78 is 6.50. The van der Waals surface area contributed by atoms with Crippen molar-refractivity contribution < 1.29 is 24.2 Å². The average Bonchev–Trinajstić information content (AvgIpc) is 3.04. The van der Waals surface area contributed by atoms with E-state index in [0.29, 0.717) is 67.1 Å². The number of aliphatic hydroxyl groups is 1. The fourth-order valence-electron chi connectivity index (χ4n) is 5.58. The van der Waals surface area contributed by atoms with E-state index >= 15 is 0 Å². The van der Waals surface area contributed by atoms with Crippen LogP contribution in [0, 0.1) is 5.92 Å². The van der Waals surface area contributed by atoms with Crippen molar-refractivity contribution in [2.24, 2.45) is 5.92 Å². The summed E-state index contributed by atoms with van der Waals surface area (Å²) >= 11 is 0. The number of carbonyl (C=O) groups excluding carboxylic acids is 3. The van der Waals surface area contributed by atoms with Crippen molar-refractivity contribution in [3.63, 3.8) is 0 Å². The molecule has 46 heavy (non-hydrogen) atoms.